The molecule has 0 aliphatic carbocycles. The Balaban J connectivity index is 2.06. The Morgan fingerprint density at radius 2 is 2.00 bits per heavy atom. The molecule has 0 amide bonds. The molecule has 0 saturated heterocycles. The van der Waals surface area contributed by atoms with Gasteiger partial charge in [-0.3, -0.25) is 0 Å². The molecule has 0 saturated carbocycles. The van der Waals surface area contributed by atoms with E-state index in [9.17, 15) is 9.50 Å². The SMILES string of the molecule is Cc1ccc(Br)c(NCC(O)c2ccccc2F)c1. The van der Waals surface area contributed by atoms with Crippen molar-refractivity contribution in [3.05, 3.63) is 63.9 Å². The van der Waals surface area contributed by atoms with Gasteiger partial charge in [-0.15, -0.1) is 0 Å². The molecule has 0 aliphatic rings. The van der Waals surface area contributed by atoms with Gasteiger partial charge in [-0.1, -0.05) is 24.3 Å². The van der Waals surface area contributed by atoms with Gasteiger partial charge in [0.25, 0.3) is 0 Å². The maximum atomic E-state index is 13.5. The van der Waals surface area contributed by atoms with E-state index in [1.54, 1.807) is 18.2 Å². The van der Waals surface area contributed by atoms with Crippen LogP contribution in [-0.2, 0) is 0 Å². The summed E-state index contributed by atoms with van der Waals surface area (Å²) in [5, 5.41) is 13.1. The number of hydrogen-bond acceptors (Lipinski definition) is 2. The molecule has 2 aromatic carbocycles. The molecule has 0 fully saturated rings. The molecule has 0 aromatic heterocycles. The van der Waals surface area contributed by atoms with Crippen molar-refractivity contribution >= 4 is 21.6 Å². The van der Waals surface area contributed by atoms with Crippen molar-refractivity contribution in [2.45, 2.75) is 13.0 Å². The molecule has 1 unspecified atom stereocenters. The van der Waals surface area contributed by atoms with Crippen LogP contribution in [0.1, 0.15) is 17.2 Å². The van der Waals surface area contributed by atoms with Crippen LogP contribution in [0.4, 0.5) is 10.1 Å². The van der Waals surface area contributed by atoms with Crippen LogP contribution in [0.15, 0.2) is 46.9 Å². The fraction of sp³-hybridized carbons (Fsp3) is 0.200. The summed E-state index contributed by atoms with van der Waals surface area (Å²) in [4.78, 5) is 0. The smallest absolute Gasteiger partial charge is 0.129 e. The number of benzene rings is 2. The highest BCUT2D eigenvalue weighted by molar-refractivity contribution is 9.10. The minimum absolute atomic E-state index is 0.253. The Hall–Kier alpha value is -1.39. The van der Waals surface area contributed by atoms with Crippen LogP contribution < -0.4 is 5.32 Å². The molecule has 1 atom stereocenters. The zero-order chi connectivity index (χ0) is 13.8. The summed E-state index contributed by atoms with van der Waals surface area (Å²) in [6.07, 6.45) is -0.881. The fourth-order valence-electron chi connectivity index (χ4n) is 1.84. The van der Waals surface area contributed by atoms with Crippen molar-refractivity contribution in [3.8, 4) is 0 Å². The molecule has 4 heteroatoms. The first-order valence-corrected chi connectivity index (χ1v) is 6.80. The zero-order valence-corrected chi connectivity index (χ0v) is 12.1. The molecule has 0 heterocycles. The van der Waals surface area contributed by atoms with Gasteiger partial charge in [-0.2, -0.15) is 0 Å². The third-order valence-electron chi connectivity index (χ3n) is 2.87. The number of aliphatic hydroxyl groups is 1. The zero-order valence-electron chi connectivity index (χ0n) is 10.5. The number of anilines is 1. The summed E-state index contributed by atoms with van der Waals surface area (Å²) in [7, 11) is 0. The van der Waals surface area contributed by atoms with E-state index in [0.29, 0.717) is 5.56 Å². The van der Waals surface area contributed by atoms with Crippen LogP contribution in [0.5, 0.6) is 0 Å². The second-order valence-corrected chi connectivity index (χ2v) is 5.26. The molecular formula is C15H15BrFNO. The fourth-order valence-corrected chi connectivity index (χ4v) is 2.22. The molecule has 2 N–H and O–H groups in total. The lowest BCUT2D eigenvalue weighted by molar-refractivity contribution is 0.186. The molecule has 0 aliphatic heterocycles. The number of aliphatic hydroxyl groups excluding tert-OH is 1. The molecule has 19 heavy (non-hydrogen) atoms. The molecule has 0 radical (unpaired) electrons. The standard InChI is InChI=1S/C15H15BrFNO/c1-10-6-7-12(16)14(8-10)18-9-15(19)11-4-2-3-5-13(11)17/h2-8,15,18-19H,9H2,1H3. The highest BCUT2D eigenvalue weighted by Gasteiger charge is 2.12. The second kappa shape index (κ2) is 6.17. The monoisotopic (exact) mass is 323 g/mol. The highest BCUT2D eigenvalue weighted by atomic mass is 79.9. The van der Waals surface area contributed by atoms with Crippen LogP contribution in [-0.4, -0.2) is 11.7 Å². The van der Waals surface area contributed by atoms with E-state index in [1.165, 1.54) is 6.07 Å². The number of hydrogen-bond donors (Lipinski definition) is 2. The van der Waals surface area contributed by atoms with Gasteiger partial charge in [0.1, 0.15) is 5.82 Å². The summed E-state index contributed by atoms with van der Waals surface area (Å²) in [5.74, 6) is -0.389. The van der Waals surface area contributed by atoms with Crippen LogP contribution in [0.25, 0.3) is 0 Å². The molecule has 0 bridgehead atoms. The van der Waals surface area contributed by atoms with Gasteiger partial charge >= 0.3 is 0 Å². The molecule has 2 nitrogen and oxygen atoms in total. The summed E-state index contributed by atoms with van der Waals surface area (Å²) in [6.45, 7) is 2.24. The Kier molecular flexibility index (Phi) is 4.56. The van der Waals surface area contributed by atoms with E-state index in [0.717, 1.165) is 15.7 Å². The van der Waals surface area contributed by atoms with E-state index in [2.05, 4.69) is 21.2 Å². The van der Waals surface area contributed by atoms with Gasteiger partial charge in [0.15, 0.2) is 0 Å². The topological polar surface area (TPSA) is 32.3 Å². The normalized spacial score (nSPS) is 12.2. The molecule has 2 rings (SSSR count). The minimum Gasteiger partial charge on any atom is -0.386 e. The van der Waals surface area contributed by atoms with Crippen LogP contribution in [0.3, 0.4) is 0 Å². The van der Waals surface area contributed by atoms with Gasteiger partial charge in [0.05, 0.1) is 6.10 Å². The molecule has 100 valence electrons. The van der Waals surface area contributed by atoms with E-state index < -0.39 is 6.10 Å². The third-order valence-corrected chi connectivity index (χ3v) is 3.56. The third kappa shape index (κ3) is 3.55. The summed E-state index contributed by atoms with van der Waals surface area (Å²) in [5.41, 5.74) is 2.31. The van der Waals surface area contributed by atoms with Crippen molar-refractivity contribution in [1.82, 2.24) is 0 Å². The summed E-state index contributed by atoms with van der Waals surface area (Å²) >= 11 is 3.43. The van der Waals surface area contributed by atoms with E-state index in [4.69, 9.17) is 0 Å². The maximum absolute atomic E-state index is 13.5. The van der Waals surface area contributed by atoms with E-state index >= 15 is 0 Å². The molecular weight excluding hydrogens is 309 g/mol. The number of aryl methyl sites for hydroxylation is 1. The summed E-state index contributed by atoms with van der Waals surface area (Å²) < 4.78 is 14.4. The Morgan fingerprint density at radius 1 is 1.26 bits per heavy atom. The van der Waals surface area contributed by atoms with Gasteiger partial charge in [0, 0.05) is 22.3 Å². The van der Waals surface area contributed by atoms with Crippen LogP contribution in [0.2, 0.25) is 0 Å². The average molecular weight is 324 g/mol. The molecule has 0 spiro atoms. The predicted molar refractivity (Wildman–Crippen MR) is 78.7 cm³/mol. The lowest BCUT2D eigenvalue weighted by atomic mass is 10.1. The number of rotatable bonds is 4. The van der Waals surface area contributed by atoms with Gasteiger partial charge in [-0.25, -0.2) is 4.39 Å². The van der Waals surface area contributed by atoms with Crippen LogP contribution in [0, 0.1) is 12.7 Å². The van der Waals surface area contributed by atoms with Crippen molar-refractivity contribution in [2.75, 3.05) is 11.9 Å². The Bertz CT molecular complexity index is 574. The maximum Gasteiger partial charge on any atom is 0.129 e. The Labute approximate surface area is 120 Å². The van der Waals surface area contributed by atoms with Crippen molar-refractivity contribution < 1.29 is 9.50 Å². The number of halogens is 2. The highest BCUT2D eigenvalue weighted by Crippen LogP contribution is 2.24. The van der Waals surface area contributed by atoms with E-state index in [-0.39, 0.29) is 12.4 Å². The predicted octanol–water partition coefficient (Wildman–Crippen LogP) is 4.04. The van der Waals surface area contributed by atoms with Crippen molar-refractivity contribution in [1.29, 1.82) is 0 Å². The van der Waals surface area contributed by atoms with E-state index in [1.807, 2.05) is 25.1 Å². The average Bonchev–Trinajstić information content (AvgIpc) is 2.40. The Morgan fingerprint density at radius 3 is 2.74 bits per heavy atom. The number of nitrogens with one attached hydrogen (secondary N) is 1. The first-order chi connectivity index (χ1) is 9.08. The minimum atomic E-state index is -0.881. The lowest BCUT2D eigenvalue weighted by Gasteiger charge is -2.15. The van der Waals surface area contributed by atoms with Crippen molar-refractivity contribution in [3.63, 3.8) is 0 Å². The molecule has 2 aromatic rings. The summed E-state index contributed by atoms with van der Waals surface area (Å²) in [6, 6.07) is 12.2. The largest absolute Gasteiger partial charge is 0.386 e. The quantitative estimate of drug-likeness (QED) is 0.889. The van der Waals surface area contributed by atoms with Gasteiger partial charge < -0.3 is 10.4 Å². The second-order valence-electron chi connectivity index (χ2n) is 4.40. The first kappa shape index (κ1) is 14.0. The van der Waals surface area contributed by atoms with Gasteiger partial charge in [0.2, 0.25) is 0 Å². The van der Waals surface area contributed by atoms with Gasteiger partial charge in [-0.05, 0) is 46.6 Å². The van der Waals surface area contributed by atoms with Crippen molar-refractivity contribution in [2.24, 2.45) is 0 Å². The first-order valence-electron chi connectivity index (χ1n) is 6.00. The lowest BCUT2D eigenvalue weighted by Crippen LogP contribution is -2.13. The van der Waals surface area contributed by atoms with Crippen LogP contribution >= 0.6 is 15.9 Å².